The van der Waals surface area contributed by atoms with Gasteiger partial charge in [-0.25, -0.2) is 4.98 Å². The molecule has 1 aromatic carbocycles. The van der Waals surface area contributed by atoms with E-state index in [1.807, 2.05) is 0 Å². The number of hydrogen-bond acceptors (Lipinski definition) is 3. The van der Waals surface area contributed by atoms with Gasteiger partial charge in [-0.15, -0.1) is 0 Å². The molecule has 2 aromatic rings. The van der Waals surface area contributed by atoms with Gasteiger partial charge in [-0.3, -0.25) is 9.89 Å². The first-order chi connectivity index (χ1) is 9.46. The van der Waals surface area contributed by atoms with E-state index in [2.05, 4.69) is 15.2 Å². The summed E-state index contributed by atoms with van der Waals surface area (Å²) in [5, 5.41) is 5.73. The van der Waals surface area contributed by atoms with Gasteiger partial charge in [0.2, 0.25) is 5.82 Å². The predicted octanol–water partition coefficient (Wildman–Crippen LogP) is 2.01. The average Bonchev–Trinajstić information content (AvgIpc) is 2.90. The lowest BCUT2D eigenvalue weighted by Gasteiger charge is -2.23. The Balaban J connectivity index is 2.19. The maximum atomic E-state index is 12.6. The fraction of sp³-hybridized carbons (Fsp3) is 0.250. The van der Waals surface area contributed by atoms with Crippen molar-refractivity contribution in [2.24, 2.45) is 0 Å². The minimum atomic E-state index is -4.48. The smallest absolute Gasteiger partial charge is 0.323 e. The molecule has 0 radical (unpaired) electrons. The molecule has 1 heterocycles. The first kappa shape index (κ1) is 14.0. The van der Waals surface area contributed by atoms with Crippen LogP contribution in [0.3, 0.4) is 0 Å². The van der Waals surface area contributed by atoms with Gasteiger partial charge in [0.25, 0.3) is 5.91 Å². The zero-order chi connectivity index (χ0) is 14.6. The van der Waals surface area contributed by atoms with Gasteiger partial charge in [-0.2, -0.15) is 18.3 Å². The zero-order valence-electron chi connectivity index (χ0n) is 10.3. The molecule has 0 unspecified atom stereocenters. The fourth-order valence-corrected chi connectivity index (χ4v) is 1.68. The highest BCUT2D eigenvalue weighted by Gasteiger charge is 2.34. The average molecular weight is 284 g/mol. The van der Waals surface area contributed by atoms with Crippen LogP contribution in [0.5, 0.6) is 0 Å². The summed E-state index contributed by atoms with van der Waals surface area (Å²) in [6.07, 6.45) is -3.41. The van der Waals surface area contributed by atoms with E-state index in [-0.39, 0.29) is 12.4 Å². The van der Waals surface area contributed by atoms with Crippen LogP contribution in [0.4, 0.5) is 13.2 Å². The molecule has 0 saturated heterocycles. The molecule has 0 aliphatic carbocycles. The number of amides is 1. The van der Waals surface area contributed by atoms with E-state index in [9.17, 15) is 18.0 Å². The molecular formula is C12H11F3N4O. The predicted molar refractivity (Wildman–Crippen MR) is 63.6 cm³/mol. The monoisotopic (exact) mass is 284 g/mol. The first-order valence-electron chi connectivity index (χ1n) is 5.71. The molecule has 8 heteroatoms. The highest BCUT2D eigenvalue weighted by Crippen LogP contribution is 2.19. The van der Waals surface area contributed by atoms with Crippen LogP contribution >= 0.6 is 0 Å². The molecule has 20 heavy (non-hydrogen) atoms. The Kier molecular flexibility index (Phi) is 4.02. The molecule has 2 rings (SSSR count). The van der Waals surface area contributed by atoms with Crippen molar-refractivity contribution in [2.75, 3.05) is 6.54 Å². The molecule has 1 aromatic heterocycles. The van der Waals surface area contributed by atoms with Crippen LogP contribution < -0.4 is 0 Å². The lowest BCUT2D eigenvalue weighted by molar-refractivity contribution is -0.141. The second-order valence-corrected chi connectivity index (χ2v) is 4.10. The van der Waals surface area contributed by atoms with Crippen LogP contribution in [-0.4, -0.2) is 38.7 Å². The quantitative estimate of drug-likeness (QED) is 0.934. The number of aromatic nitrogens is 3. The summed E-state index contributed by atoms with van der Waals surface area (Å²) >= 11 is 0. The van der Waals surface area contributed by atoms with Crippen molar-refractivity contribution in [3.8, 4) is 0 Å². The van der Waals surface area contributed by atoms with Crippen LogP contribution in [0.15, 0.2) is 36.7 Å². The van der Waals surface area contributed by atoms with Crippen molar-refractivity contribution in [1.82, 2.24) is 20.1 Å². The zero-order valence-corrected chi connectivity index (χ0v) is 10.3. The molecular weight excluding hydrogens is 273 g/mol. The van der Waals surface area contributed by atoms with Crippen LogP contribution in [0.1, 0.15) is 16.2 Å². The van der Waals surface area contributed by atoms with Crippen LogP contribution in [0, 0.1) is 0 Å². The molecule has 0 saturated carbocycles. The molecule has 0 fully saturated rings. The second-order valence-electron chi connectivity index (χ2n) is 4.10. The summed E-state index contributed by atoms with van der Waals surface area (Å²) in [5.74, 6) is -1.06. The van der Waals surface area contributed by atoms with E-state index < -0.39 is 18.6 Å². The molecule has 5 nitrogen and oxygen atoms in total. The topological polar surface area (TPSA) is 61.9 Å². The standard InChI is InChI=1S/C12H11F3N4O/c13-12(14,15)7-19(6-9-4-2-1-3-5-9)11(20)10-16-8-17-18-10/h1-5,8H,6-7H2,(H,16,17,18). The number of halogens is 3. The highest BCUT2D eigenvalue weighted by atomic mass is 19.4. The summed E-state index contributed by atoms with van der Waals surface area (Å²) in [5.41, 5.74) is 0.601. The number of carbonyl (C=O) groups excluding carboxylic acids is 1. The Morgan fingerprint density at radius 2 is 1.95 bits per heavy atom. The van der Waals surface area contributed by atoms with E-state index in [0.717, 1.165) is 6.33 Å². The van der Waals surface area contributed by atoms with Crippen molar-refractivity contribution < 1.29 is 18.0 Å². The van der Waals surface area contributed by atoms with Gasteiger partial charge in [0, 0.05) is 6.54 Å². The second kappa shape index (κ2) is 5.72. The molecule has 0 bridgehead atoms. The Hall–Kier alpha value is -2.38. The van der Waals surface area contributed by atoms with Crippen molar-refractivity contribution >= 4 is 5.91 Å². The number of aromatic amines is 1. The Morgan fingerprint density at radius 1 is 1.25 bits per heavy atom. The maximum Gasteiger partial charge on any atom is 0.406 e. The fourth-order valence-electron chi connectivity index (χ4n) is 1.68. The van der Waals surface area contributed by atoms with E-state index in [4.69, 9.17) is 0 Å². The molecule has 0 spiro atoms. The molecule has 106 valence electrons. The lowest BCUT2D eigenvalue weighted by atomic mass is 10.2. The van der Waals surface area contributed by atoms with E-state index >= 15 is 0 Å². The molecule has 0 aliphatic rings. The summed E-state index contributed by atoms with van der Waals surface area (Å²) in [4.78, 5) is 16.2. The normalized spacial score (nSPS) is 11.3. The van der Waals surface area contributed by atoms with Crippen molar-refractivity contribution in [1.29, 1.82) is 0 Å². The van der Waals surface area contributed by atoms with Gasteiger partial charge in [0.1, 0.15) is 12.9 Å². The van der Waals surface area contributed by atoms with Crippen LogP contribution in [0.2, 0.25) is 0 Å². The number of rotatable bonds is 4. The van der Waals surface area contributed by atoms with E-state index in [1.54, 1.807) is 30.3 Å². The molecule has 0 aliphatic heterocycles. The first-order valence-corrected chi connectivity index (χ1v) is 5.71. The lowest BCUT2D eigenvalue weighted by Crippen LogP contribution is -2.39. The number of nitrogens with one attached hydrogen (secondary N) is 1. The number of nitrogens with zero attached hydrogens (tertiary/aromatic N) is 3. The van der Waals surface area contributed by atoms with Crippen LogP contribution in [0.25, 0.3) is 0 Å². The van der Waals surface area contributed by atoms with Gasteiger partial charge in [0.05, 0.1) is 0 Å². The number of alkyl halides is 3. The number of carbonyl (C=O) groups is 1. The molecule has 1 amide bonds. The van der Waals surface area contributed by atoms with Gasteiger partial charge < -0.3 is 4.90 Å². The number of H-pyrrole nitrogens is 1. The minimum Gasteiger partial charge on any atom is -0.323 e. The number of benzene rings is 1. The van der Waals surface area contributed by atoms with Gasteiger partial charge in [0.15, 0.2) is 0 Å². The molecule has 1 N–H and O–H groups in total. The third-order valence-corrected chi connectivity index (χ3v) is 2.49. The van der Waals surface area contributed by atoms with Crippen LogP contribution in [-0.2, 0) is 6.54 Å². The van der Waals surface area contributed by atoms with E-state index in [1.165, 1.54) is 0 Å². The summed E-state index contributed by atoms with van der Waals surface area (Å²) in [7, 11) is 0. The van der Waals surface area contributed by atoms with E-state index in [0.29, 0.717) is 10.5 Å². The van der Waals surface area contributed by atoms with Gasteiger partial charge in [-0.05, 0) is 5.56 Å². The highest BCUT2D eigenvalue weighted by molar-refractivity contribution is 5.90. The summed E-state index contributed by atoms with van der Waals surface area (Å²) in [6.45, 7) is -1.50. The van der Waals surface area contributed by atoms with Crippen molar-refractivity contribution in [3.05, 3.63) is 48.0 Å². The minimum absolute atomic E-state index is 0.153. The Morgan fingerprint density at radius 3 is 2.50 bits per heavy atom. The number of hydrogen-bond donors (Lipinski definition) is 1. The Bertz CT molecular complexity index is 554. The third-order valence-electron chi connectivity index (χ3n) is 2.49. The largest absolute Gasteiger partial charge is 0.406 e. The summed E-state index contributed by atoms with van der Waals surface area (Å²) < 4.78 is 37.7. The van der Waals surface area contributed by atoms with Crippen molar-refractivity contribution in [2.45, 2.75) is 12.7 Å². The molecule has 0 atom stereocenters. The third kappa shape index (κ3) is 3.81. The summed E-state index contributed by atoms with van der Waals surface area (Å²) in [6, 6.07) is 8.43. The van der Waals surface area contributed by atoms with Crippen molar-refractivity contribution in [3.63, 3.8) is 0 Å². The maximum absolute atomic E-state index is 12.6. The Labute approximate surface area is 112 Å². The van der Waals surface area contributed by atoms with Gasteiger partial charge >= 0.3 is 6.18 Å². The van der Waals surface area contributed by atoms with Gasteiger partial charge in [-0.1, -0.05) is 30.3 Å². The SMILES string of the molecule is O=C(c1ncn[nH]1)N(Cc1ccccc1)CC(F)(F)F.